The Morgan fingerprint density at radius 3 is 2.72 bits per heavy atom. The lowest BCUT2D eigenvalue weighted by Gasteiger charge is -2.37. The van der Waals surface area contributed by atoms with E-state index in [1.165, 1.54) is 0 Å². The Labute approximate surface area is 149 Å². The van der Waals surface area contributed by atoms with Crippen molar-refractivity contribution in [2.75, 3.05) is 31.1 Å². The number of rotatable bonds is 2. The molecule has 7 heteroatoms. The fourth-order valence-electron chi connectivity index (χ4n) is 3.66. The number of amides is 1. The van der Waals surface area contributed by atoms with Gasteiger partial charge in [-0.15, -0.1) is 0 Å². The van der Waals surface area contributed by atoms with Gasteiger partial charge >= 0.3 is 0 Å². The second kappa shape index (κ2) is 6.52. The molecule has 3 heterocycles. The lowest BCUT2D eigenvalue weighted by molar-refractivity contribution is -0.141. The number of fused-ring (bicyclic) bond motifs is 1. The molecule has 1 amide bonds. The van der Waals surface area contributed by atoms with Gasteiger partial charge in [0.2, 0.25) is 5.91 Å². The van der Waals surface area contributed by atoms with Crippen LogP contribution in [0.5, 0.6) is 0 Å². The summed E-state index contributed by atoms with van der Waals surface area (Å²) in [5, 5.41) is 0.948. The van der Waals surface area contributed by atoms with E-state index < -0.39 is 5.92 Å². The van der Waals surface area contributed by atoms with Crippen LogP contribution in [0.2, 0.25) is 0 Å². The molecule has 1 aromatic heterocycles. The number of alkyl halides is 2. The minimum absolute atomic E-state index is 0.0290. The Bertz CT molecular complexity index is 736. The normalized spacial score (nSPS) is 23.8. The first-order valence-electron chi connectivity index (χ1n) is 8.79. The molecule has 2 saturated heterocycles. The number of hydrogen-bond acceptors (Lipinski definition) is 4. The Kier molecular flexibility index (Phi) is 4.35. The highest BCUT2D eigenvalue weighted by Crippen LogP contribution is 2.33. The highest BCUT2D eigenvalue weighted by Gasteiger charge is 2.38. The molecule has 1 aromatic carbocycles. The van der Waals surface area contributed by atoms with Gasteiger partial charge in [-0.1, -0.05) is 23.5 Å². The summed E-state index contributed by atoms with van der Waals surface area (Å²) in [6, 6.07) is 8.02. The van der Waals surface area contributed by atoms with Crippen molar-refractivity contribution in [3.8, 4) is 0 Å². The summed E-state index contributed by atoms with van der Waals surface area (Å²) in [4.78, 5) is 21.2. The van der Waals surface area contributed by atoms with Gasteiger partial charge < -0.3 is 9.80 Å². The van der Waals surface area contributed by atoms with E-state index in [4.69, 9.17) is 0 Å². The molecule has 4 nitrogen and oxygen atoms in total. The van der Waals surface area contributed by atoms with E-state index in [1.54, 1.807) is 16.2 Å². The molecule has 2 aromatic rings. The van der Waals surface area contributed by atoms with Crippen LogP contribution in [0.1, 0.15) is 25.7 Å². The van der Waals surface area contributed by atoms with Crippen LogP contribution in [0.4, 0.5) is 13.9 Å². The first kappa shape index (κ1) is 16.7. The minimum atomic E-state index is -2.61. The van der Waals surface area contributed by atoms with E-state index in [2.05, 4.69) is 16.0 Å². The standard InChI is InChI=1S/C18H21F2N3OS/c19-18(20)7-10-22(11-8-18)16(24)13-4-3-9-23(12-13)17-21-14-5-1-2-6-15(14)25-17/h1-2,5-6,13H,3-4,7-12H2. The Balaban J connectivity index is 1.44. The second-order valence-electron chi connectivity index (χ2n) is 6.93. The van der Waals surface area contributed by atoms with Gasteiger partial charge in [0.1, 0.15) is 0 Å². The molecule has 1 atom stereocenters. The fourth-order valence-corrected chi connectivity index (χ4v) is 4.66. The van der Waals surface area contributed by atoms with Gasteiger partial charge in [0.15, 0.2) is 5.13 Å². The van der Waals surface area contributed by atoms with E-state index in [0.29, 0.717) is 6.54 Å². The second-order valence-corrected chi connectivity index (χ2v) is 7.94. The Morgan fingerprint density at radius 1 is 1.20 bits per heavy atom. The van der Waals surface area contributed by atoms with E-state index >= 15 is 0 Å². The summed E-state index contributed by atoms with van der Waals surface area (Å²) in [5.74, 6) is -2.70. The fraction of sp³-hybridized carbons (Fsp3) is 0.556. The van der Waals surface area contributed by atoms with Crippen LogP contribution in [0.15, 0.2) is 24.3 Å². The zero-order valence-corrected chi connectivity index (χ0v) is 14.8. The zero-order valence-electron chi connectivity index (χ0n) is 14.0. The van der Waals surface area contributed by atoms with E-state index in [1.807, 2.05) is 18.2 Å². The SMILES string of the molecule is O=C(C1CCCN(c2nc3ccccc3s2)C1)N1CCC(F)(F)CC1. The summed E-state index contributed by atoms with van der Waals surface area (Å²) in [7, 11) is 0. The Morgan fingerprint density at radius 2 is 1.96 bits per heavy atom. The van der Waals surface area contributed by atoms with Crippen molar-refractivity contribution in [3.63, 3.8) is 0 Å². The third kappa shape index (κ3) is 3.47. The first-order valence-corrected chi connectivity index (χ1v) is 9.61. The van der Waals surface area contributed by atoms with Crippen LogP contribution in [0, 0.1) is 5.92 Å². The summed E-state index contributed by atoms with van der Waals surface area (Å²) < 4.78 is 27.8. The number of para-hydroxylation sites is 1. The molecular weight excluding hydrogens is 344 g/mol. The monoisotopic (exact) mass is 365 g/mol. The maximum absolute atomic E-state index is 13.3. The predicted molar refractivity (Wildman–Crippen MR) is 95.3 cm³/mol. The molecule has 2 aliphatic heterocycles. The number of hydrogen-bond donors (Lipinski definition) is 0. The molecule has 1 unspecified atom stereocenters. The van der Waals surface area contributed by atoms with Gasteiger partial charge in [-0.3, -0.25) is 4.79 Å². The van der Waals surface area contributed by atoms with Crippen LogP contribution in [0.3, 0.4) is 0 Å². The average Bonchev–Trinajstić information content (AvgIpc) is 3.05. The lowest BCUT2D eigenvalue weighted by Crippen LogP contribution is -2.49. The topological polar surface area (TPSA) is 36.4 Å². The van der Waals surface area contributed by atoms with Gasteiger partial charge in [-0.05, 0) is 25.0 Å². The number of piperidine rings is 2. The molecule has 2 aliphatic rings. The number of thiazole rings is 1. The zero-order chi connectivity index (χ0) is 17.4. The van der Waals surface area contributed by atoms with Crippen molar-refractivity contribution in [1.29, 1.82) is 0 Å². The summed E-state index contributed by atoms with van der Waals surface area (Å²) in [6.45, 7) is 1.86. The predicted octanol–water partition coefficient (Wildman–Crippen LogP) is 3.77. The maximum Gasteiger partial charge on any atom is 0.251 e. The number of aromatic nitrogens is 1. The van der Waals surface area contributed by atoms with E-state index in [-0.39, 0.29) is 37.8 Å². The number of carbonyl (C=O) groups is 1. The van der Waals surface area contributed by atoms with Crippen molar-refractivity contribution < 1.29 is 13.6 Å². The van der Waals surface area contributed by atoms with Crippen molar-refractivity contribution in [2.45, 2.75) is 31.6 Å². The quantitative estimate of drug-likeness (QED) is 0.813. The Hall–Kier alpha value is -1.76. The van der Waals surface area contributed by atoms with E-state index in [0.717, 1.165) is 34.7 Å². The minimum Gasteiger partial charge on any atom is -0.347 e. The highest BCUT2D eigenvalue weighted by molar-refractivity contribution is 7.22. The molecule has 134 valence electrons. The average molecular weight is 365 g/mol. The molecule has 0 spiro atoms. The molecular formula is C18H21F2N3OS. The largest absolute Gasteiger partial charge is 0.347 e. The number of benzene rings is 1. The summed E-state index contributed by atoms with van der Waals surface area (Å²) in [5.41, 5.74) is 0.981. The molecule has 0 aliphatic carbocycles. The van der Waals surface area contributed by atoms with Gasteiger partial charge in [0.05, 0.1) is 16.1 Å². The molecule has 25 heavy (non-hydrogen) atoms. The van der Waals surface area contributed by atoms with Crippen LogP contribution >= 0.6 is 11.3 Å². The van der Waals surface area contributed by atoms with Gasteiger partial charge in [-0.2, -0.15) is 0 Å². The van der Waals surface area contributed by atoms with Gasteiger partial charge in [-0.25, -0.2) is 13.8 Å². The lowest BCUT2D eigenvalue weighted by atomic mass is 9.95. The number of nitrogens with zero attached hydrogens (tertiary/aromatic N) is 3. The van der Waals surface area contributed by atoms with Crippen LogP contribution in [-0.4, -0.2) is 47.9 Å². The first-order chi connectivity index (χ1) is 12.0. The van der Waals surface area contributed by atoms with Gasteiger partial charge in [0.25, 0.3) is 5.92 Å². The van der Waals surface area contributed by atoms with Crippen LogP contribution < -0.4 is 4.90 Å². The molecule has 0 saturated carbocycles. The van der Waals surface area contributed by atoms with Crippen LogP contribution in [0.25, 0.3) is 10.2 Å². The number of carbonyl (C=O) groups excluding carboxylic acids is 1. The number of likely N-dealkylation sites (tertiary alicyclic amines) is 1. The van der Waals surface area contributed by atoms with Crippen molar-refractivity contribution in [3.05, 3.63) is 24.3 Å². The maximum atomic E-state index is 13.3. The number of anilines is 1. The van der Waals surface area contributed by atoms with Gasteiger partial charge in [0, 0.05) is 39.0 Å². The van der Waals surface area contributed by atoms with Crippen molar-refractivity contribution in [1.82, 2.24) is 9.88 Å². The molecule has 2 fully saturated rings. The summed E-state index contributed by atoms with van der Waals surface area (Å²) >= 11 is 1.64. The third-order valence-corrected chi connectivity index (χ3v) is 6.23. The third-order valence-electron chi connectivity index (χ3n) is 5.13. The smallest absolute Gasteiger partial charge is 0.251 e. The number of halogens is 2. The van der Waals surface area contributed by atoms with Crippen LogP contribution in [-0.2, 0) is 4.79 Å². The summed E-state index contributed by atoms with van der Waals surface area (Å²) in [6.07, 6.45) is 1.32. The van der Waals surface area contributed by atoms with Crippen molar-refractivity contribution >= 4 is 32.6 Å². The van der Waals surface area contributed by atoms with E-state index in [9.17, 15) is 13.6 Å². The van der Waals surface area contributed by atoms with Crippen molar-refractivity contribution in [2.24, 2.45) is 5.92 Å². The molecule has 0 radical (unpaired) electrons. The highest BCUT2D eigenvalue weighted by atomic mass is 32.1. The molecule has 0 N–H and O–H groups in total. The molecule has 4 rings (SSSR count). The molecule has 0 bridgehead atoms.